The predicted octanol–water partition coefficient (Wildman–Crippen LogP) is 1.67. The zero-order valence-electron chi connectivity index (χ0n) is 13.2. The van der Waals surface area contributed by atoms with E-state index >= 15 is 0 Å². The minimum atomic E-state index is -0.694. The van der Waals surface area contributed by atoms with Crippen LogP contribution in [0, 0.1) is 0 Å². The standard InChI is InChI=1S/C15H17N3O4S2/c1-3-16-13(20)9(2)17-12(19)7-22-15(21)10-8-24-14(18-10)11-5-4-6-23-11/h4-6,8-9H,3,7H2,1-2H3,(H,16,20)(H,17,19)/t9-/m1/s1. The van der Waals surface area contributed by atoms with Crippen LogP contribution in [0.1, 0.15) is 24.3 Å². The van der Waals surface area contributed by atoms with Gasteiger partial charge in [-0.25, -0.2) is 9.78 Å². The number of rotatable bonds is 7. The number of hydrogen-bond acceptors (Lipinski definition) is 7. The first-order valence-corrected chi connectivity index (χ1v) is 9.00. The summed E-state index contributed by atoms with van der Waals surface area (Å²) in [6, 6.07) is 3.12. The molecule has 0 aliphatic carbocycles. The molecular weight excluding hydrogens is 350 g/mol. The minimum absolute atomic E-state index is 0.160. The van der Waals surface area contributed by atoms with Crippen molar-refractivity contribution in [1.29, 1.82) is 0 Å². The summed E-state index contributed by atoms with van der Waals surface area (Å²) in [7, 11) is 0. The van der Waals surface area contributed by atoms with Crippen LogP contribution in [0.2, 0.25) is 0 Å². The first-order valence-electron chi connectivity index (χ1n) is 7.24. The molecule has 2 aromatic rings. The van der Waals surface area contributed by atoms with E-state index in [4.69, 9.17) is 4.74 Å². The number of esters is 1. The molecule has 128 valence electrons. The average molecular weight is 367 g/mol. The maximum Gasteiger partial charge on any atom is 0.358 e. The van der Waals surface area contributed by atoms with Crippen LogP contribution in [0.5, 0.6) is 0 Å². The fraction of sp³-hybridized carbons (Fsp3) is 0.333. The molecule has 2 heterocycles. The van der Waals surface area contributed by atoms with E-state index < -0.39 is 24.5 Å². The second-order valence-corrected chi connectivity index (χ2v) is 6.58. The number of aromatic nitrogens is 1. The number of thiazole rings is 1. The van der Waals surface area contributed by atoms with Gasteiger partial charge in [-0.1, -0.05) is 6.07 Å². The number of carbonyl (C=O) groups excluding carboxylic acids is 3. The molecular formula is C15H17N3O4S2. The van der Waals surface area contributed by atoms with E-state index in [2.05, 4.69) is 15.6 Å². The van der Waals surface area contributed by atoms with Gasteiger partial charge < -0.3 is 15.4 Å². The molecule has 0 radical (unpaired) electrons. The number of ether oxygens (including phenoxy) is 1. The Morgan fingerprint density at radius 3 is 2.79 bits per heavy atom. The van der Waals surface area contributed by atoms with Crippen LogP contribution >= 0.6 is 22.7 Å². The Hall–Kier alpha value is -2.26. The van der Waals surface area contributed by atoms with E-state index in [1.807, 2.05) is 17.5 Å². The second-order valence-electron chi connectivity index (χ2n) is 4.78. The number of nitrogens with one attached hydrogen (secondary N) is 2. The quantitative estimate of drug-likeness (QED) is 0.726. The Labute approximate surface area is 147 Å². The Morgan fingerprint density at radius 2 is 2.12 bits per heavy atom. The van der Waals surface area contributed by atoms with Crippen LogP contribution in [0.25, 0.3) is 9.88 Å². The number of carbonyl (C=O) groups is 3. The smallest absolute Gasteiger partial charge is 0.358 e. The third kappa shape index (κ3) is 4.87. The summed E-state index contributed by atoms with van der Waals surface area (Å²) >= 11 is 2.86. The molecule has 1 atom stereocenters. The lowest BCUT2D eigenvalue weighted by Crippen LogP contribution is -2.46. The Kier molecular flexibility index (Phi) is 6.44. The molecule has 9 heteroatoms. The van der Waals surface area contributed by atoms with Gasteiger partial charge >= 0.3 is 5.97 Å². The van der Waals surface area contributed by atoms with Crippen molar-refractivity contribution in [2.24, 2.45) is 0 Å². The topological polar surface area (TPSA) is 97.4 Å². The highest BCUT2D eigenvalue weighted by Gasteiger charge is 2.18. The van der Waals surface area contributed by atoms with Crippen molar-refractivity contribution in [3.8, 4) is 9.88 Å². The van der Waals surface area contributed by atoms with Gasteiger partial charge in [0.25, 0.3) is 5.91 Å². The van der Waals surface area contributed by atoms with Crippen molar-refractivity contribution in [3.63, 3.8) is 0 Å². The van der Waals surface area contributed by atoms with E-state index in [-0.39, 0.29) is 11.6 Å². The highest BCUT2D eigenvalue weighted by Crippen LogP contribution is 2.27. The van der Waals surface area contributed by atoms with Crippen LogP contribution in [0.4, 0.5) is 0 Å². The maximum absolute atomic E-state index is 11.9. The van der Waals surface area contributed by atoms with E-state index in [1.54, 1.807) is 19.2 Å². The summed E-state index contributed by atoms with van der Waals surface area (Å²) in [5, 5.41) is 9.29. The van der Waals surface area contributed by atoms with Gasteiger partial charge in [-0.05, 0) is 25.3 Å². The molecule has 24 heavy (non-hydrogen) atoms. The van der Waals surface area contributed by atoms with Crippen LogP contribution in [-0.4, -0.2) is 42.0 Å². The zero-order chi connectivity index (χ0) is 17.5. The molecule has 0 saturated heterocycles. The number of amides is 2. The molecule has 0 aromatic carbocycles. The normalized spacial score (nSPS) is 11.6. The zero-order valence-corrected chi connectivity index (χ0v) is 14.8. The molecule has 0 aliphatic heterocycles. The molecule has 0 fully saturated rings. The fourth-order valence-electron chi connectivity index (χ4n) is 1.76. The number of thiophene rings is 1. The minimum Gasteiger partial charge on any atom is -0.451 e. The van der Waals surface area contributed by atoms with E-state index in [9.17, 15) is 14.4 Å². The summed E-state index contributed by atoms with van der Waals surface area (Å²) in [5.41, 5.74) is 0.160. The molecule has 0 spiro atoms. The van der Waals surface area contributed by atoms with Crippen LogP contribution in [0.3, 0.4) is 0 Å². The van der Waals surface area contributed by atoms with Crippen molar-refractivity contribution < 1.29 is 19.1 Å². The lowest BCUT2D eigenvalue weighted by Gasteiger charge is -2.13. The van der Waals surface area contributed by atoms with Crippen molar-refractivity contribution in [3.05, 3.63) is 28.6 Å². The van der Waals surface area contributed by atoms with E-state index in [1.165, 1.54) is 22.7 Å². The average Bonchev–Trinajstić information content (AvgIpc) is 3.23. The van der Waals surface area contributed by atoms with Gasteiger partial charge in [0.15, 0.2) is 12.3 Å². The first-order chi connectivity index (χ1) is 11.5. The van der Waals surface area contributed by atoms with Crippen molar-refractivity contribution in [1.82, 2.24) is 15.6 Å². The molecule has 0 saturated carbocycles. The SMILES string of the molecule is CCNC(=O)[C@@H](C)NC(=O)COC(=O)c1csc(-c2cccs2)n1. The predicted molar refractivity (Wildman–Crippen MR) is 92.0 cm³/mol. The van der Waals surface area contributed by atoms with Gasteiger partial charge in [-0.15, -0.1) is 22.7 Å². The third-order valence-corrected chi connectivity index (χ3v) is 4.78. The Balaban J connectivity index is 1.82. The lowest BCUT2D eigenvalue weighted by atomic mass is 10.3. The molecule has 2 rings (SSSR count). The highest BCUT2D eigenvalue weighted by molar-refractivity contribution is 7.20. The van der Waals surface area contributed by atoms with Gasteiger partial charge in [0.2, 0.25) is 5.91 Å². The molecule has 2 aromatic heterocycles. The molecule has 7 nitrogen and oxygen atoms in total. The summed E-state index contributed by atoms with van der Waals surface area (Å²) in [6.07, 6.45) is 0. The summed E-state index contributed by atoms with van der Waals surface area (Å²) in [4.78, 5) is 40.3. The first kappa shape index (κ1) is 18.1. The lowest BCUT2D eigenvalue weighted by molar-refractivity contribution is -0.130. The number of hydrogen-bond donors (Lipinski definition) is 2. The molecule has 2 N–H and O–H groups in total. The molecule has 0 aliphatic rings. The second kappa shape index (κ2) is 8.55. The third-order valence-electron chi connectivity index (χ3n) is 2.90. The summed E-state index contributed by atoms with van der Waals surface area (Å²) in [5.74, 6) is -1.51. The number of nitrogens with zero attached hydrogens (tertiary/aromatic N) is 1. The number of likely N-dealkylation sites (N-methyl/N-ethyl adjacent to an activating group) is 1. The summed E-state index contributed by atoms with van der Waals surface area (Å²) in [6.45, 7) is 3.35. The Morgan fingerprint density at radius 1 is 1.33 bits per heavy atom. The van der Waals surface area contributed by atoms with E-state index in [0.29, 0.717) is 6.54 Å². The van der Waals surface area contributed by atoms with Crippen LogP contribution in [0.15, 0.2) is 22.9 Å². The molecule has 0 unspecified atom stereocenters. The maximum atomic E-state index is 11.9. The van der Waals surface area contributed by atoms with Gasteiger partial charge in [0, 0.05) is 11.9 Å². The van der Waals surface area contributed by atoms with Gasteiger partial charge in [0.1, 0.15) is 11.0 Å². The Bertz CT molecular complexity index is 712. The van der Waals surface area contributed by atoms with Crippen molar-refractivity contribution >= 4 is 40.5 Å². The van der Waals surface area contributed by atoms with Crippen molar-refractivity contribution in [2.75, 3.05) is 13.2 Å². The highest BCUT2D eigenvalue weighted by atomic mass is 32.1. The largest absolute Gasteiger partial charge is 0.451 e. The van der Waals surface area contributed by atoms with Gasteiger partial charge in [0.05, 0.1) is 4.88 Å². The van der Waals surface area contributed by atoms with E-state index in [0.717, 1.165) is 9.88 Å². The van der Waals surface area contributed by atoms with Crippen LogP contribution in [-0.2, 0) is 14.3 Å². The molecule has 2 amide bonds. The monoisotopic (exact) mass is 367 g/mol. The summed E-state index contributed by atoms with van der Waals surface area (Å²) < 4.78 is 4.93. The van der Waals surface area contributed by atoms with Crippen molar-refractivity contribution in [2.45, 2.75) is 19.9 Å². The van der Waals surface area contributed by atoms with Gasteiger partial charge in [-0.3, -0.25) is 9.59 Å². The fourth-order valence-corrected chi connectivity index (χ4v) is 3.37. The van der Waals surface area contributed by atoms with Crippen LogP contribution < -0.4 is 10.6 Å². The molecule has 0 bridgehead atoms. The van der Waals surface area contributed by atoms with Gasteiger partial charge in [-0.2, -0.15) is 0 Å².